The third kappa shape index (κ3) is 2.82. The summed E-state index contributed by atoms with van der Waals surface area (Å²) in [6.45, 7) is 5.42. The summed E-state index contributed by atoms with van der Waals surface area (Å²) >= 11 is 3.47. The summed E-state index contributed by atoms with van der Waals surface area (Å²) < 4.78 is 2.85. The topological polar surface area (TPSA) is 49.6 Å². The number of aryl methyl sites for hydroxylation is 1. The summed E-state index contributed by atoms with van der Waals surface area (Å²) in [6.07, 6.45) is 3.67. The van der Waals surface area contributed by atoms with Crippen molar-refractivity contribution in [3.05, 3.63) is 34.2 Å². The van der Waals surface area contributed by atoms with Crippen molar-refractivity contribution in [1.82, 2.24) is 19.6 Å². The number of imidazole rings is 1. The van der Waals surface area contributed by atoms with Crippen LogP contribution in [0.4, 0.5) is 0 Å². The van der Waals surface area contributed by atoms with Gasteiger partial charge in [-0.05, 0) is 47.4 Å². The van der Waals surface area contributed by atoms with Gasteiger partial charge in [0, 0.05) is 30.3 Å². The van der Waals surface area contributed by atoms with Crippen molar-refractivity contribution < 1.29 is 4.79 Å². The first-order valence-electron chi connectivity index (χ1n) is 7.37. The van der Waals surface area contributed by atoms with Gasteiger partial charge in [-0.1, -0.05) is 6.92 Å². The maximum atomic E-state index is 12.9. The van der Waals surface area contributed by atoms with Crippen LogP contribution in [-0.2, 0) is 6.42 Å². The molecule has 6 heteroatoms. The van der Waals surface area contributed by atoms with E-state index in [2.05, 4.69) is 26.2 Å². The van der Waals surface area contributed by atoms with Crippen molar-refractivity contribution in [2.75, 3.05) is 26.2 Å². The molecular weight excluding hydrogens is 332 g/mol. The molecule has 0 radical (unpaired) electrons. The molecule has 112 valence electrons. The van der Waals surface area contributed by atoms with Crippen LogP contribution in [0, 0.1) is 0 Å². The first-order chi connectivity index (χ1) is 10.2. The maximum Gasteiger partial charge on any atom is 0.272 e. The summed E-state index contributed by atoms with van der Waals surface area (Å²) in [6, 6.07) is 3.88. The van der Waals surface area contributed by atoms with Crippen molar-refractivity contribution in [3.63, 3.8) is 0 Å². The largest absolute Gasteiger partial charge is 0.336 e. The summed E-state index contributed by atoms with van der Waals surface area (Å²) in [7, 11) is 0. The number of fused-ring (bicyclic) bond motifs is 1. The van der Waals surface area contributed by atoms with Gasteiger partial charge in [0.1, 0.15) is 11.3 Å². The Kier molecular flexibility index (Phi) is 4.26. The minimum atomic E-state index is 0.0844. The van der Waals surface area contributed by atoms with Gasteiger partial charge in [-0.25, -0.2) is 4.98 Å². The zero-order valence-corrected chi connectivity index (χ0v) is 13.7. The predicted molar refractivity (Wildman–Crippen MR) is 85.7 cm³/mol. The second kappa shape index (κ2) is 6.15. The third-order valence-electron chi connectivity index (χ3n) is 3.82. The number of halogens is 1. The molecule has 2 aromatic rings. The van der Waals surface area contributed by atoms with E-state index in [9.17, 15) is 4.79 Å². The van der Waals surface area contributed by atoms with E-state index in [0.29, 0.717) is 5.69 Å². The van der Waals surface area contributed by atoms with Crippen LogP contribution in [-0.4, -0.2) is 46.4 Å². The van der Waals surface area contributed by atoms with E-state index in [1.165, 1.54) is 0 Å². The number of hydrogen-bond acceptors (Lipinski definition) is 3. The predicted octanol–water partition coefficient (Wildman–Crippen LogP) is 2.09. The standard InChI is InChI=1S/C15H19BrN4O/c1-2-12-14(15(21)19-8-3-6-17-7-9-19)20-10-11(16)4-5-13(20)18-12/h4-5,10,17H,2-3,6-9H2,1H3. The molecule has 3 heterocycles. The smallest absolute Gasteiger partial charge is 0.272 e. The molecule has 5 nitrogen and oxygen atoms in total. The number of pyridine rings is 1. The number of hydrogen-bond donors (Lipinski definition) is 1. The normalized spacial score (nSPS) is 16.2. The Morgan fingerprint density at radius 2 is 2.24 bits per heavy atom. The molecule has 1 saturated heterocycles. The molecule has 0 spiro atoms. The van der Waals surface area contributed by atoms with Crippen molar-refractivity contribution in [2.24, 2.45) is 0 Å². The molecule has 2 aromatic heterocycles. The number of nitrogens with one attached hydrogen (secondary N) is 1. The van der Waals surface area contributed by atoms with Gasteiger partial charge >= 0.3 is 0 Å². The number of nitrogens with zero attached hydrogens (tertiary/aromatic N) is 3. The monoisotopic (exact) mass is 350 g/mol. The number of carbonyl (C=O) groups is 1. The highest BCUT2D eigenvalue weighted by Gasteiger charge is 2.24. The number of rotatable bonds is 2. The van der Waals surface area contributed by atoms with Crippen LogP contribution in [0.2, 0.25) is 0 Å². The quantitative estimate of drug-likeness (QED) is 0.902. The van der Waals surface area contributed by atoms with Gasteiger partial charge in [-0.2, -0.15) is 0 Å². The van der Waals surface area contributed by atoms with E-state index in [1.807, 2.05) is 34.6 Å². The third-order valence-corrected chi connectivity index (χ3v) is 4.29. The maximum absolute atomic E-state index is 12.9. The molecule has 0 aliphatic carbocycles. The van der Waals surface area contributed by atoms with Gasteiger partial charge in [0.25, 0.3) is 5.91 Å². The molecule has 0 aromatic carbocycles. The molecule has 1 amide bonds. The Hall–Kier alpha value is -1.40. The Balaban J connectivity index is 2.04. The van der Waals surface area contributed by atoms with Crippen LogP contribution >= 0.6 is 15.9 Å². The van der Waals surface area contributed by atoms with Crippen molar-refractivity contribution in [1.29, 1.82) is 0 Å². The summed E-state index contributed by atoms with van der Waals surface area (Å²) in [5.74, 6) is 0.0844. The SMILES string of the molecule is CCc1nc2ccc(Br)cn2c1C(=O)N1CCCNCC1. The van der Waals surface area contributed by atoms with E-state index >= 15 is 0 Å². The Morgan fingerprint density at radius 1 is 1.38 bits per heavy atom. The van der Waals surface area contributed by atoms with Crippen molar-refractivity contribution in [2.45, 2.75) is 19.8 Å². The zero-order valence-electron chi connectivity index (χ0n) is 12.1. The first-order valence-corrected chi connectivity index (χ1v) is 8.16. The van der Waals surface area contributed by atoms with Gasteiger partial charge in [0.2, 0.25) is 0 Å². The Morgan fingerprint density at radius 3 is 3.05 bits per heavy atom. The molecule has 1 fully saturated rings. The summed E-state index contributed by atoms with van der Waals surface area (Å²) in [5, 5.41) is 3.33. The second-order valence-corrected chi connectivity index (χ2v) is 6.15. The second-order valence-electron chi connectivity index (χ2n) is 5.23. The minimum Gasteiger partial charge on any atom is -0.336 e. The lowest BCUT2D eigenvalue weighted by Gasteiger charge is -2.20. The van der Waals surface area contributed by atoms with Crippen LogP contribution in [0.15, 0.2) is 22.8 Å². The van der Waals surface area contributed by atoms with E-state index in [-0.39, 0.29) is 5.91 Å². The molecule has 1 N–H and O–H groups in total. The van der Waals surface area contributed by atoms with Crippen LogP contribution in [0.3, 0.4) is 0 Å². The van der Waals surface area contributed by atoms with Crippen LogP contribution in [0.5, 0.6) is 0 Å². The van der Waals surface area contributed by atoms with Crippen LogP contribution in [0.1, 0.15) is 29.5 Å². The Bertz CT molecular complexity index is 659. The molecule has 3 rings (SSSR count). The van der Waals surface area contributed by atoms with Gasteiger partial charge in [-0.15, -0.1) is 0 Å². The summed E-state index contributed by atoms with van der Waals surface area (Å²) in [5.41, 5.74) is 2.40. The average Bonchev–Trinajstić information content (AvgIpc) is 2.66. The molecule has 21 heavy (non-hydrogen) atoms. The van der Waals surface area contributed by atoms with Gasteiger partial charge in [0.05, 0.1) is 5.69 Å². The molecule has 0 saturated carbocycles. The summed E-state index contributed by atoms with van der Waals surface area (Å²) in [4.78, 5) is 19.5. The lowest BCUT2D eigenvalue weighted by molar-refractivity contribution is 0.0758. The van der Waals surface area contributed by atoms with E-state index in [1.54, 1.807) is 0 Å². The zero-order chi connectivity index (χ0) is 14.8. The van der Waals surface area contributed by atoms with Crippen LogP contribution < -0.4 is 5.32 Å². The molecule has 0 unspecified atom stereocenters. The molecule has 1 aliphatic heterocycles. The highest BCUT2D eigenvalue weighted by Crippen LogP contribution is 2.19. The molecule has 0 bridgehead atoms. The average molecular weight is 351 g/mol. The highest BCUT2D eigenvalue weighted by atomic mass is 79.9. The Labute approximate surface area is 132 Å². The number of carbonyl (C=O) groups excluding carboxylic acids is 1. The van der Waals surface area contributed by atoms with Crippen LogP contribution in [0.25, 0.3) is 5.65 Å². The fourth-order valence-electron chi connectivity index (χ4n) is 2.74. The number of aromatic nitrogens is 2. The van der Waals surface area contributed by atoms with Gasteiger partial charge in [0.15, 0.2) is 0 Å². The molecule has 0 atom stereocenters. The van der Waals surface area contributed by atoms with Crippen molar-refractivity contribution in [3.8, 4) is 0 Å². The highest BCUT2D eigenvalue weighted by molar-refractivity contribution is 9.10. The van der Waals surface area contributed by atoms with Gasteiger partial charge in [-0.3, -0.25) is 9.20 Å². The minimum absolute atomic E-state index is 0.0844. The fraction of sp³-hybridized carbons (Fsp3) is 0.467. The van der Waals surface area contributed by atoms with Gasteiger partial charge < -0.3 is 10.2 Å². The lowest BCUT2D eigenvalue weighted by atomic mass is 10.2. The van der Waals surface area contributed by atoms with Crippen molar-refractivity contribution >= 4 is 27.5 Å². The fourth-order valence-corrected chi connectivity index (χ4v) is 3.08. The molecule has 1 aliphatic rings. The van der Waals surface area contributed by atoms with E-state index < -0.39 is 0 Å². The molecular formula is C15H19BrN4O. The lowest BCUT2D eigenvalue weighted by Crippen LogP contribution is -2.35. The number of amides is 1. The van der Waals surface area contributed by atoms with E-state index in [4.69, 9.17) is 0 Å². The first kappa shape index (κ1) is 14.5. The van der Waals surface area contributed by atoms with E-state index in [0.717, 1.165) is 54.8 Å².